The summed E-state index contributed by atoms with van der Waals surface area (Å²) in [6, 6.07) is 5.42. The fourth-order valence-electron chi connectivity index (χ4n) is 2.02. The maximum atomic E-state index is 12.0. The van der Waals surface area contributed by atoms with E-state index in [9.17, 15) is 4.79 Å². The molecule has 1 aliphatic rings. The quantitative estimate of drug-likeness (QED) is 0.825. The van der Waals surface area contributed by atoms with E-state index in [4.69, 9.17) is 9.84 Å². The van der Waals surface area contributed by atoms with Crippen molar-refractivity contribution in [1.29, 1.82) is 0 Å². The normalized spacial score (nSPS) is 19.8. The summed E-state index contributed by atoms with van der Waals surface area (Å²) in [7, 11) is 1.57. The molecule has 1 aromatic carbocycles. The van der Waals surface area contributed by atoms with Gasteiger partial charge in [0.2, 0.25) is 5.91 Å². The molecule has 1 saturated carbocycles. The molecule has 1 amide bonds. The number of rotatable bonds is 4. The molecule has 2 N–H and O–H groups in total. The van der Waals surface area contributed by atoms with Gasteiger partial charge in [0.25, 0.3) is 0 Å². The van der Waals surface area contributed by atoms with Crippen LogP contribution >= 0.6 is 0 Å². The number of hydrogen-bond donors (Lipinski definition) is 2. The molecule has 1 aliphatic carbocycles. The van der Waals surface area contributed by atoms with Crippen molar-refractivity contribution in [3.05, 3.63) is 23.8 Å². The highest BCUT2D eigenvalue weighted by molar-refractivity contribution is 5.95. The smallest absolute Gasteiger partial charge is 0.227 e. The van der Waals surface area contributed by atoms with Gasteiger partial charge in [0.15, 0.2) is 0 Å². The van der Waals surface area contributed by atoms with E-state index in [2.05, 4.69) is 24.1 Å². The van der Waals surface area contributed by atoms with Crippen molar-refractivity contribution < 1.29 is 14.6 Å². The molecular formula is C16H19NO3. The molecule has 2 atom stereocenters. The van der Waals surface area contributed by atoms with Crippen LogP contribution in [0.5, 0.6) is 5.75 Å². The highest BCUT2D eigenvalue weighted by Gasteiger charge is 2.39. The molecule has 0 aromatic heterocycles. The van der Waals surface area contributed by atoms with E-state index in [1.165, 1.54) is 0 Å². The van der Waals surface area contributed by atoms with Gasteiger partial charge in [-0.2, -0.15) is 0 Å². The number of anilines is 1. The van der Waals surface area contributed by atoms with Crippen molar-refractivity contribution in [2.75, 3.05) is 19.0 Å². The van der Waals surface area contributed by atoms with Gasteiger partial charge in [0.1, 0.15) is 5.75 Å². The molecule has 0 saturated heterocycles. The molecule has 1 aromatic rings. The zero-order chi connectivity index (χ0) is 14.5. The van der Waals surface area contributed by atoms with Crippen molar-refractivity contribution in [3.8, 4) is 17.6 Å². The Labute approximate surface area is 119 Å². The summed E-state index contributed by atoms with van der Waals surface area (Å²) >= 11 is 0. The van der Waals surface area contributed by atoms with Crippen LogP contribution in [0.4, 0.5) is 5.69 Å². The van der Waals surface area contributed by atoms with Gasteiger partial charge in [-0.15, -0.1) is 0 Å². The van der Waals surface area contributed by atoms with Crippen LogP contribution < -0.4 is 10.1 Å². The average molecular weight is 273 g/mol. The van der Waals surface area contributed by atoms with E-state index in [0.717, 1.165) is 12.0 Å². The first-order valence-corrected chi connectivity index (χ1v) is 6.74. The molecule has 106 valence electrons. The SMILES string of the molecule is COc1ccc(C#CCCO)cc1NC(=O)C1CC1C. The summed E-state index contributed by atoms with van der Waals surface area (Å²) in [4.78, 5) is 12.0. The highest BCUT2D eigenvalue weighted by atomic mass is 16.5. The first-order chi connectivity index (χ1) is 9.65. The Bertz CT molecular complexity index is 557. The largest absolute Gasteiger partial charge is 0.495 e. The number of ether oxygens (including phenoxy) is 1. The molecule has 20 heavy (non-hydrogen) atoms. The maximum absolute atomic E-state index is 12.0. The molecule has 2 unspecified atom stereocenters. The number of carbonyl (C=O) groups is 1. The lowest BCUT2D eigenvalue weighted by Crippen LogP contribution is -2.15. The molecule has 2 rings (SSSR count). The van der Waals surface area contributed by atoms with Crippen LogP contribution in [-0.4, -0.2) is 24.7 Å². The van der Waals surface area contributed by atoms with Crippen LogP contribution in [0.3, 0.4) is 0 Å². The summed E-state index contributed by atoms with van der Waals surface area (Å²) < 4.78 is 5.25. The second-order valence-corrected chi connectivity index (χ2v) is 5.00. The van der Waals surface area contributed by atoms with Gasteiger partial charge in [-0.3, -0.25) is 4.79 Å². The molecule has 4 nitrogen and oxygen atoms in total. The summed E-state index contributed by atoms with van der Waals surface area (Å²) in [5, 5.41) is 11.6. The first kappa shape index (κ1) is 14.4. The number of carbonyl (C=O) groups excluding carboxylic acids is 1. The van der Waals surface area contributed by atoms with E-state index in [1.807, 2.05) is 6.07 Å². The van der Waals surface area contributed by atoms with Gasteiger partial charge < -0.3 is 15.2 Å². The first-order valence-electron chi connectivity index (χ1n) is 6.74. The molecule has 0 bridgehead atoms. The number of aliphatic hydroxyl groups is 1. The minimum Gasteiger partial charge on any atom is -0.495 e. The van der Waals surface area contributed by atoms with Crippen molar-refractivity contribution in [3.63, 3.8) is 0 Å². The summed E-state index contributed by atoms with van der Waals surface area (Å²) in [5.41, 5.74) is 1.44. The van der Waals surface area contributed by atoms with Crippen LogP contribution in [-0.2, 0) is 4.79 Å². The Hall–Kier alpha value is -1.99. The van der Waals surface area contributed by atoms with Gasteiger partial charge in [-0.25, -0.2) is 0 Å². The van der Waals surface area contributed by atoms with Crippen molar-refractivity contribution in [2.45, 2.75) is 19.8 Å². The van der Waals surface area contributed by atoms with Crippen LogP contribution in [0.1, 0.15) is 25.3 Å². The number of hydrogen-bond acceptors (Lipinski definition) is 3. The zero-order valence-corrected chi connectivity index (χ0v) is 11.8. The standard InChI is InChI=1S/C16H19NO3/c1-11-9-13(11)16(19)17-14-10-12(5-3-4-8-18)6-7-15(14)20-2/h6-7,10-11,13,18H,4,8-9H2,1-2H3,(H,17,19). The fourth-order valence-corrected chi connectivity index (χ4v) is 2.02. The maximum Gasteiger partial charge on any atom is 0.227 e. The van der Waals surface area contributed by atoms with E-state index in [1.54, 1.807) is 19.2 Å². The van der Waals surface area contributed by atoms with Crippen molar-refractivity contribution >= 4 is 11.6 Å². The van der Waals surface area contributed by atoms with Crippen molar-refractivity contribution in [2.24, 2.45) is 11.8 Å². The number of benzene rings is 1. The zero-order valence-electron chi connectivity index (χ0n) is 11.8. The number of aliphatic hydroxyl groups excluding tert-OH is 1. The predicted molar refractivity (Wildman–Crippen MR) is 77.5 cm³/mol. The minimum absolute atomic E-state index is 0.0382. The lowest BCUT2D eigenvalue weighted by molar-refractivity contribution is -0.117. The molecule has 0 spiro atoms. The monoisotopic (exact) mass is 273 g/mol. The lowest BCUT2D eigenvalue weighted by atomic mass is 10.1. The second-order valence-electron chi connectivity index (χ2n) is 5.00. The van der Waals surface area contributed by atoms with E-state index >= 15 is 0 Å². The summed E-state index contributed by atoms with van der Waals surface area (Å²) in [5.74, 6) is 7.05. The predicted octanol–water partition coefficient (Wildman–Crippen LogP) is 2.02. The van der Waals surface area contributed by atoms with E-state index < -0.39 is 0 Å². The number of methoxy groups -OCH3 is 1. The molecule has 1 fully saturated rings. The van der Waals surface area contributed by atoms with Gasteiger partial charge >= 0.3 is 0 Å². The van der Waals surface area contributed by atoms with Gasteiger partial charge in [0.05, 0.1) is 19.4 Å². The van der Waals surface area contributed by atoms with Crippen LogP contribution in [0.15, 0.2) is 18.2 Å². The Kier molecular flexibility index (Phi) is 4.65. The Morgan fingerprint density at radius 1 is 1.55 bits per heavy atom. The van der Waals surface area contributed by atoms with Gasteiger partial charge in [-0.05, 0) is 30.5 Å². The Morgan fingerprint density at radius 3 is 2.90 bits per heavy atom. The number of nitrogens with one attached hydrogen (secondary N) is 1. The lowest BCUT2D eigenvalue weighted by Gasteiger charge is -2.10. The van der Waals surface area contributed by atoms with Gasteiger partial charge in [-0.1, -0.05) is 18.8 Å². The van der Waals surface area contributed by atoms with Gasteiger partial charge in [0, 0.05) is 17.9 Å². The van der Waals surface area contributed by atoms with Crippen LogP contribution in [0.2, 0.25) is 0 Å². The van der Waals surface area contributed by atoms with Crippen LogP contribution in [0, 0.1) is 23.7 Å². The number of amides is 1. The molecule has 4 heteroatoms. The summed E-state index contributed by atoms with van der Waals surface area (Å²) in [6.07, 6.45) is 1.39. The third-order valence-corrected chi connectivity index (χ3v) is 3.37. The Morgan fingerprint density at radius 2 is 2.30 bits per heavy atom. The second kappa shape index (κ2) is 6.44. The highest BCUT2D eigenvalue weighted by Crippen LogP contribution is 2.39. The third kappa shape index (κ3) is 3.52. The third-order valence-electron chi connectivity index (χ3n) is 3.37. The molecule has 0 heterocycles. The van der Waals surface area contributed by atoms with E-state index in [0.29, 0.717) is 23.8 Å². The molecule has 0 radical (unpaired) electrons. The van der Waals surface area contributed by atoms with Crippen LogP contribution in [0.25, 0.3) is 0 Å². The Balaban J connectivity index is 2.14. The van der Waals surface area contributed by atoms with E-state index in [-0.39, 0.29) is 18.4 Å². The van der Waals surface area contributed by atoms with Crippen molar-refractivity contribution in [1.82, 2.24) is 0 Å². The molecule has 0 aliphatic heterocycles. The summed E-state index contributed by atoms with van der Waals surface area (Å²) in [6.45, 7) is 2.12. The fraction of sp³-hybridized carbons (Fsp3) is 0.438. The molecular weight excluding hydrogens is 254 g/mol. The minimum atomic E-state index is 0.0382. The topological polar surface area (TPSA) is 58.6 Å². The average Bonchev–Trinajstić information content (AvgIpc) is 3.17.